The molecule has 2 amide bonds. The maximum atomic E-state index is 12.3. The molecule has 0 N–H and O–H groups in total. The van der Waals surface area contributed by atoms with E-state index < -0.39 is 0 Å². The zero-order chi connectivity index (χ0) is 13.4. The number of benzene rings is 1. The Labute approximate surface area is 112 Å². The summed E-state index contributed by atoms with van der Waals surface area (Å²) in [4.78, 5) is 26.0. The smallest absolute Gasteiger partial charge is 0.233 e. The van der Waals surface area contributed by atoms with Gasteiger partial charge in [-0.1, -0.05) is 42.0 Å². The molecule has 0 unspecified atom stereocenters. The van der Waals surface area contributed by atoms with Crippen molar-refractivity contribution >= 4 is 11.8 Å². The van der Waals surface area contributed by atoms with E-state index in [1.54, 1.807) is 0 Å². The summed E-state index contributed by atoms with van der Waals surface area (Å²) < 4.78 is 0. The molecular weight excluding hydrogens is 238 g/mol. The Bertz CT molecular complexity index is 518. The van der Waals surface area contributed by atoms with E-state index in [4.69, 9.17) is 0 Å². The van der Waals surface area contributed by atoms with Crippen LogP contribution in [0.2, 0.25) is 0 Å². The highest BCUT2D eigenvalue weighted by Gasteiger charge is 2.46. The molecule has 3 rings (SSSR count). The molecule has 1 saturated heterocycles. The van der Waals surface area contributed by atoms with E-state index in [0.29, 0.717) is 19.4 Å². The van der Waals surface area contributed by atoms with Gasteiger partial charge < -0.3 is 0 Å². The van der Waals surface area contributed by atoms with E-state index >= 15 is 0 Å². The van der Waals surface area contributed by atoms with Gasteiger partial charge in [-0.2, -0.15) is 0 Å². The van der Waals surface area contributed by atoms with Crippen LogP contribution in [0.25, 0.3) is 0 Å². The molecule has 1 aromatic rings. The first-order valence-corrected chi connectivity index (χ1v) is 6.72. The highest BCUT2D eigenvalue weighted by molar-refractivity contribution is 6.05. The van der Waals surface area contributed by atoms with Crippen molar-refractivity contribution in [1.82, 2.24) is 4.90 Å². The van der Waals surface area contributed by atoms with Crippen LogP contribution in [-0.4, -0.2) is 16.7 Å². The number of aryl methyl sites for hydroxylation is 1. The topological polar surface area (TPSA) is 37.4 Å². The van der Waals surface area contributed by atoms with Gasteiger partial charge in [0.2, 0.25) is 11.8 Å². The van der Waals surface area contributed by atoms with Crippen LogP contribution < -0.4 is 0 Å². The molecule has 1 aromatic carbocycles. The maximum absolute atomic E-state index is 12.3. The van der Waals surface area contributed by atoms with E-state index in [9.17, 15) is 9.59 Å². The first-order valence-electron chi connectivity index (χ1n) is 6.72. The first-order chi connectivity index (χ1) is 9.16. The second kappa shape index (κ2) is 4.65. The molecule has 1 aliphatic heterocycles. The van der Waals surface area contributed by atoms with Crippen LogP contribution >= 0.6 is 0 Å². The zero-order valence-corrected chi connectivity index (χ0v) is 11.0. The van der Waals surface area contributed by atoms with E-state index in [1.807, 2.05) is 43.3 Å². The summed E-state index contributed by atoms with van der Waals surface area (Å²) >= 11 is 0. The van der Waals surface area contributed by atoms with E-state index in [1.165, 1.54) is 10.5 Å². The summed E-state index contributed by atoms with van der Waals surface area (Å²) in [5.41, 5.74) is 2.19. The molecule has 3 nitrogen and oxygen atoms in total. The fourth-order valence-corrected chi connectivity index (χ4v) is 2.90. The molecule has 1 aliphatic carbocycles. The van der Waals surface area contributed by atoms with Gasteiger partial charge in [0.15, 0.2) is 0 Å². The Hall–Kier alpha value is -1.90. The van der Waals surface area contributed by atoms with Crippen molar-refractivity contribution in [2.24, 2.45) is 11.8 Å². The molecule has 0 bridgehead atoms. The Morgan fingerprint density at radius 1 is 1.00 bits per heavy atom. The van der Waals surface area contributed by atoms with Gasteiger partial charge in [-0.25, -0.2) is 0 Å². The highest BCUT2D eigenvalue weighted by atomic mass is 16.2. The van der Waals surface area contributed by atoms with Crippen LogP contribution in [0.4, 0.5) is 0 Å². The number of amides is 2. The number of hydrogen-bond donors (Lipinski definition) is 0. The van der Waals surface area contributed by atoms with Crippen LogP contribution in [0.3, 0.4) is 0 Å². The Balaban J connectivity index is 1.80. The van der Waals surface area contributed by atoms with Crippen LogP contribution in [0.5, 0.6) is 0 Å². The minimum absolute atomic E-state index is 0.0000694. The van der Waals surface area contributed by atoms with Gasteiger partial charge in [0.05, 0.1) is 18.4 Å². The van der Waals surface area contributed by atoms with Crippen molar-refractivity contribution in [3.8, 4) is 0 Å². The molecule has 2 atom stereocenters. The van der Waals surface area contributed by atoms with Gasteiger partial charge in [0.1, 0.15) is 0 Å². The first kappa shape index (κ1) is 12.2. The molecule has 0 aromatic heterocycles. The largest absolute Gasteiger partial charge is 0.278 e. The minimum Gasteiger partial charge on any atom is -0.278 e. The predicted octanol–water partition coefficient (Wildman–Crippen LogP) is 2.45. The third kappa shape index (κ3) is 2.09. The number of rotatable bonds is 2. The second-order valence-corrected chi connectivity index (χ2v) is 5.40. The number of hydrogen-bond acceptors (Lipinski definition) is 2. The molecule has 0 spiro atoms. The average molecular weight is 255 g/mol. The zero-order valence-electron chi connectivity index (χ0n) is 11.0. The number of fused-ring (bicyclic) bond motifs is 1. The van der Waals surface area contributed by atoms with E-state index in [-0.39, 0.29) is 23.7 Å². The van der Waals surface area contributed by atoms with Crippen molar-refractivity contribution in [2.45, 2.75) is 26.3 Å². The third-order valence-corrected chi connectivity index (χ3v) is 4.06. The number of likely N-dealkylation sites (tertiary alicyclic amines) is 1. The van der Waals surface area contributed by atoms with Crippen molar-refractivity contribution < 1.29 is 9.59 Å². The number of carbonyl (C=O) groups is 2. The summed E-state index contributed by atoms with van der Waals surface area (Å²) in [6.07, 6.45) is 5.45. The third-order valence-electron chi connectivity index (χ3n) is 4.06. The van der Waals surface area contributed by atoms with Crippen LogP contribution in [0.1, 0.15) is 24.0 Å². The molecule has 3 heteroatoms. The summed E-state index contributed by atoms with van der Waals surface area (Å²) in [5, 5.41) is 0. The van der Waals surface area contributed by atoms with Crippen LogP contribution in [-0.2, 0) is 16.1 Å². The quantitative estimate of drug-likeness (QED) is 0.601. The lowest BCUT2D eigenvalue weighted by Crippen LogP contribution is -2.30. The lowest BCUT2D eigenvalue weighted by atomic mass is 9.85. The minimum atomic E-state index is -0.122. The number of carbonyl (C=O) groups excluding carboxylic acids is 2. The van der Waals surface area contributed by atoms with Gasteiger partial charge in [0, 0.05) is 0 Å². The molecule has 0 radical (unpaired) electrons. The Morgan fingerprint density at radius 3 is 2.05 bits per heavy atom. The fourth-order valence-electron chi connectivity index (χ4n) is 2.90. The van der Waals surface area contributed by atoms with Crippen LogP contribution in [0, 0.1) is 18.8 Å². The Morgan fingerprint density at radius 2 is 1.53 bits per heavy atom. The van der Waals surface area contributed by atoms with Gasteiger partial charge in [-0.05, 0) is 25.3 Å². The standard InChI is InChI=1S/C16H17NO2/c1-11-6-8-12(9-7-11)10-17-15(18)13-4-2-3-5-14(13)16(17)19/h2-3,6-9,13-14H,4-5,10H2,1H3/t13-,14-/m0/s1. The molecular formula is C16H17NO2. The van der Waals surface area contributed by atoms with Crippen molar-refractivity contribution in [1.29, 1.82) is 0 Å². The lowest BCUT2D eigenvalue weighted by molar-refractivity contribution is -0.140. The van der Waals surface area contributed by atoms with Gasteiger partial charge >= 0.3 is 0 Å². The monoisotopic (exact) mass is 255 g/mol. The van der Waals surface area contributed by atoms with E-state index in [0.717, 1.165) is 5.56 Å². The predicted molar refractivity (Wildman–Crippen MR) is 72.1 cm³/mol. The lowest BCUT2D eigenvalue weighted by Gasteiger charge is -2.14. The summed E-state index contributed by atoms with van der Waals surface area (Å²) in [5.74, 6) is -0.245. The SMILES string of the molecule is Cc1ccc(CN2C(=O)[C@H]3CC=CC[C@@H]3C2=O)cc1. The fraction of sp³-hybridized carbons (Fsp3) is 0.375. The molecule has 19 heavy (non-hydrogen) atoms. The van der Waals surface area contributed by atoms with Crippen molar-refractivity contribution in [3.63, 3.8) is 0 Å². The number of imide groups is 1. The maximum Gasteiger partial charge on any atom is 0.233 e. The van der Waals surface area contributed by atoms with Gasteiger partial charge in [0.25, 0.3) is 0 Å². The highest BCUT2D eigenvalue weighted by Crippen LogP contribution is 2.35. The van der Waals surface area contributed by atoms with Gasteiger partial charge in [-0.3, -0.25) is 14.5 Å². The van der Waals surface area contributed by atoms with E-state index in [2.05, 4.69) is 0 Å². The van der Waals surface area contributed by atoms with Crippen molar-refractivity contribution in [2.75, 3.05) is 0 Å². The summed E-state index contributed by atoms with van der Waals surface area (Å²) in [6.45, 7) is 2.43. The number of nitrogens with zero attached hydrogens (tertiary/aromatic N) is 1. The molecule has 0 saturated carbocycles. The van der Waals surface area contributed by atoms with Crippen LogP contribution in [0.15, 0.2) is 36.4 Å². The van der Waals surface area contributed by atoms with Crippen molar-refractivity contribution in [3.05, 3.63) is 47.5 Å². The normalized spacial score (nSPS) is 25.8. The average Bonchev–Trinajstić information content (AvgIpc) is 2.67. The molecule has 1 fully saturated rings. The second-order valence-electron chi connectivity index (χ2n) is 5.40. The molecule has 1 heterocycles. The number of allylic oxidation sites excluding steroid dienone is 2. The summed E-state index contributed by atoms with van der Waals surface area (Å²) in [7, 11) is 0. The molecule has 98 valence electrons. The van der Waals surface area contributed by atoms with Gasteiger partial charge in [-0.15, -0.1) is 0 Å². The Kier molecular flexibility index (Phi) is 2.97. The molecule has 2 aliphatic rings. The summed E-state index contributed by atoms with van der Waals surface area (Å²) in [6, 6.07) is 7.98.